The number of aromatic nitrogens is 1. The lowest BCUT2D eigenvalue weighted by Crippen LogP contribution is -2.41. The van der Waals surface area contributed by atoms with Crippen LogP contribution in [0, 0.1) is 17.7 Å². The first kappa shape index (κ1) is 25.7. The highest BCUT2D eigenvalue weighted by molar-refractivity contribution is 5.95. The molecule has 2 fully saturated rings. The monoisotopic (exact) mass is 483 g/mol. The maximum Gasteiger partial charge on any atom is 0.256 e. The molecule has 35 heavy (non-hydrogen) atoms. The molecule has 0 spiro atoms. The van der Waals surface area contributed by atoms with Crippen LogP contribution in [0.5, 0.6) is 0 Å². The van der Waals surface area contributed by atoms with Gasteiger partial charge in [-0.2, -0.15) is 0 Å². The van der Waals surface area contributed by atoms with Crippen molar-refractivity contribution in [1.29, 1.82) is 0 Å². The summed E-state index contributed by atoms with van der Waals surface area (Å²) in [5.74, 6) is 0.421. The molecule has 2 aliphatic heterocycles. The largest absolute Gasteiger partial charge is 0.338 e. The Kier molecular flexibility index (Phi) is 8.20. The van der Waals surface area contributed by atoms with Crippen LogP contribution in [0.4, 0.5) is 8.78 Å². The van der Waals surface area contributed by atoms with Gasteiger partial charge < -0.3 is 9.80 Å². The number of benzene rings is 1. The minimum atomic E-state index is -1.14. The lowest BCUT2D eigenvalue weighted by Gasteiger charge is -2.34. The van der Waals surface area contributed by atoms with E-state index in [9.17, 15) is 13.6 Å². The Hall–Kier alpha value is -2.34. The quantitative estimate of drug-likeness (QED) is 0.474. The third-order valence-electron chi connectivity index (χ3n) is 7.42. The number of halogens is 2. The Morgan fingerprint density at radius 1 is 1.09 bits per heavy atom. The summed E-state index contributed by atoms with van der Waals surface area (Å²) in [4.78, 5) is 21.4. The van der Waals surface area contributed by atoms with Crippen molar-refractivity contribution in [3.8, 4) is 11.1 Å². The van der Waals surface area contributed by atoms with Gasteiger partial charge in [0.1, 0.15) is 11.5 Å². The molecule has 3 heterocycles. The van der Waals surface area contributed by atoms with Gasteiger partial charge in [-0.15, -0.1) is 0 Å². The predicted octanol–water partition coefficient (Wildman–Crippen LogP) is 6.15. The molecule has 0 bridgehead atoms. The van der Waals surface area contributed by atoms with Gasteiger partial charge in [-0.3, -0.25) is 9.78 Å². The first-order chi connectivity index (χ1) is 16.7. The maximum atomic E-state index is 14.9. The van der Waals surface area contributed by atoms with Crippen LogP contribution in [0.15, 0.2) is 36.5 Å². The molecule has 0 N–H and O–H groups in total. The molecule has 1 amide bonds. The fraction of sp³-hybridized carbons (Fsp3) is 0.586. The SMILES string of the molecule is CC1CCCN(C(=O)c2ccc(-c3ccc(CCC4CCN(CC(C)(C)F)CC4)nc3)cc2F)C1. The predicted molar refractivity (Wildman–Crippen MR) is 137 cm³/mol. The zero-order valence-electron chi connectivity index (χ0n) is 21.4. The molecule has 0 aliphatic carbocycles. The van der Waals surface area contributed by atoms with E-state index in [0.29, 0.717) is 31.5 Å². The first-order valence-corrected chi connectivity index (χ1v) is 13.1. The molecule has 190 valence electrons. The van der Waals surface area contributed by atoms with Crippen molar-refractivity contribution in [2.75, 3.05) is 32.7 Å². The summed E-state index contributed by atoms with van der Waals surface area (Å²) in [7, 11) is 0. The van der Waals surface area contributed by atoms with Crippen molar-refractivity contribution in [3.05, 3.63) is 53.6 Å². The van der Waals surface area contributed by atoms with Crippen LogP contribution in [0.3, 0.4) is 0 Å². The molecule has 2 aliphatic rings. The molecular weight excluding hydrogens is 444 g/mol. The van der Waals surface area contributed by atoms with Crippen molar-refractivity contribution in [3.63, 3.8) is 0 Å². The summed E-state index contributed by atoms with van der Waals surface area (Å²) >= 11 is 0. The van der Waals surface area contributed by atoms with Gasteiger partial charge in [-0.25, -0.2) is 8.78 Å². The lowest BCUT2D eigenvalue weighted by molar-refractivity contribution is 0.0678. The van der Waals surface area contributed by atoms with E-state index in [1.807, 2.05) is 18.2 Å². The van der Waals surface area contributed by atoms with Gasteiger partial charge in [0, 0.05) is 37.1 Å². The number of nitrogens with zero attached hydrogens (tertiary/aromatic N) is 3. The van der Waals surface area contributed by atoms with Crippen molar-refractivity contribution in [2.45, 2.75) is 65.0 Å². The molecule has 1 aromatic heterocycles. The van der Waals surface area contributed by atoms with Crippen molar-refractivity contribution < 1.29 is 13.6 Å². The number of amides is 1. The molecule has 1 aromatic carbocycles. The summed E-state index contributed by atoms with van der Waals surface area (Å²) in [5.41, 5.74) is 1.62. The number of carbonyl (C=O) groups is 1. The Labute approximate surface area is 208 Å². The van der Waals surface area contributed by atoms with Gasteiger partial charge in [0.2, 0.25) is 0 Å². The molecule has 6 heteroatoms. The van der Waals surface area contributed by atoms with Gasteiger partial charge in [-0.05, 0) is 101 Å². The van der Waals surface area contributed by atoms with Gasteiger partial charge in [0.05, 0.1) is 5.56 Å². The zero-order valence-corrected chi connectivity index (χ0v) is 21.4. The fourth-order valence-corrected chi connectivity index (χ4v) is 5.47. The second-order valence-corrected chi connectivity index (χ2v) is 11.2. The highest BCUT2D eigenvalue weighted by Gasteiger charge is 2.26. The maximum absolute atomic E-state index is 14.9. The average Bonchev–Trinajstić information content (AvgIpc) is 2.82. The van der Waals surface area contributed by atoms with Crippen LogP contribution in [0.25, 0.3) is 11.1 Å². The van der Waals surface area contributed by atoms with E-state index in [-0.39, 0.29) is 11.5 Å². The van der Waals surface area contributed by atoms with Crippen molar-refractivity contribution in [1.82, 2.24) is 14.8 Å². The zero-order chi connectivity index (χ0) is 25.0. The summed E-state index contributed by atoms with van der Waals surface area (Å²) in [5, 5.41) is 0. The lowest BCUT2D eigenvalue weighted by atomic mass is 9.91. The van der Waals surface area contributed by atoms with E-state index in [4.69, 9.17) is 0 Å². The number of pyridine rings is 1. The van der Waals surface area contributed by atoms with E-state index >= 15 is 0 Å². The van der Waals surface area contributed by atoms with E-state index in [0.717, 1.165) is 68.4 Å². The first-order valence-electron chi connectivity index (χ1n) is 13.1. The Morgan fingerprint density at radius 2 is 1.83 bits per heavy atom. The molecule has 1 atom stereocenters. The molecular formula is C29H39F2N3O. The average molecular weight is 484 g/mol. The third-order valence-corrected chi connectivity index (χ3v) is 7.42. The van der Waals surface area contributed by atoms with Crippen LogP contribution >= 0.6 is 0 Å². The topological polar surface area (TPSA) is 36.4 Å². The summed E-state index contributed by atoms with van der Waals surface area (Å²) in [6.07, 6.45) is 8.09. The van der Waals surface area contributed by atoms with E-state index in [1.54, 1.807) is 31.0 Å². The Bertz CT molecular complexity index is 994. The van der Waals surface area contributed by atoms with E-state index in [2.05, 4.69) is 16.8 Å². The van der Waals surface area contributed by atoms with Gasteiger partial charge in [0.25, 0.3) is 5.91 Å². The standard InChI is InChI=1S/C29H39F2N3O/c1-21-5-4-14-34(19-21)28(35)26-11-8-23(17-27(26)30)24-7-10-25(32-18-24)9-6-22-12-15-33(16-13-22)20-29(2,3)31/h7-8,10-11,17-18,21-22H,4-6,9,12-16,19-20H2,1-3H3. The number of hydrogen-bond acceptors (Lipinski definition) is 3. The van der Waals surface area contributed by atoms with Crippen LogP contribution in [0.1, 0.15) is 68.9 Å². The Morgan fingerprint density at radius 3 is 2.46 bits per heavy atom. The fourth-order valence-electron chi connectivity index (χ4n) is 5.47. The minimum Gasteiger partial charge on any atom is -0.338 e. The summed E-state index contributed by atoms with van der Waals surface area (Å²) < 4.78 is 28.7. The third kappa shape index (κ3) is 7.09. The molecule has 1 unspecified atom stereocenters. The van der Waals surface area contributed by atoms with Gasteiger partial charge >= 0.3 is 0 Å². The van der Waals surface area contributed by atoms with Crippen molar-refractivity contribution in [2.24, 2.45) is 11.8 Å². The summed E-state index contributed by atoms with van der Waals surface area (Å²) in [6, 6.07) is 8.87. The number of rotatable bonds is 7. The summed E-state index contributed by atoms with van der Waals surface area (Å²) in [6.45, 7) is 9.25. The molecule has 0 saturated carbocycles. The Balaban J connectivity index is 1.30. The number of aryl methyl sites for hydroxylation is 1. The number of hydrogen-bond donors (Lipinski definition) is 0. The smallest absolute Gasteiger partial charge is 0.256 e. The normalized spacial score (nSPS) is 20.3. The number of likely N-dealkylation sites (tertiary alicyclic amines) is 2. The van der Waals surface area contributed by atoms with E-state index < -0.39 is 11.5 Å². The van der Waals surface area contributed by atoms with E-state index in [1.165, 1.54) is 6.07 Å². The van der Waals surface area contributed by atoms with Crippen molar-refractivity contribution >= 4 is 5.91 Å². The van der Waals surface area contributed by atoms with Crippen LogP contribution in [0.2, 0.25) is 0 Å². The number of alkyl halides is 1. The molecule has 4 nitrogen and oxygen atoms in total. The van der Waals surface area contributed by atoms with Crippen LogP contribution in [-0.4, -0.2) is 59.1 Å². The van der Waals surface area contributed by atoms with Crippen LogP contribution < -0.4 is 0 Å². The molecule has 4 rings (SSSR count). The van der Waals surface area contributed by atoms with Crippen LogP contribution in [-0.2, 0) is 6.42 Å². The highest BCUT2D eigenvalue weighted by Crippen LogP contribution is 2.26. The second-order valence-electron chi connectivity index (χ2n) is 11.2. The molecule has 2 saturated heterocycles. The number of carbonyl (C=O) groups excluding carboxylic acids is 1. The molecule has 2 aromatic rings. The highest BCUT2D eigenvalue weighted by atomic mass is 19.1. The molecule has 0 radical (unpaired) electrons. The number of piperidine rings is 2. The van der Waals surface area contributed by atoms with Gasteiger partial charge in [-0.1, -0.05) is 19.1 Å². The second kappa shape index (κ2) is 11.2. The minimum absolute atomic E-state index is 0.147. The van der Waals surface area contributed by atoms with Gasteiger partial charge in [0.15, 0.2) is 0 Å².